The van der Waals surface area contributed by atoms with Gasteiger partial charge in [-0.25, -0.2) is 4.79 Å². The van der Waals surface area contributed by atoms with Gasteiger partial charge in [0.2, 0.25) is 0 Å². The van der Waals surface area contributed by atoms with Crippen LogP contribution in [0.2, 0.25) is 0 Å². The third kappa shape index (κ3) is 5.93. The van der Waals surface area contributed by atoms with E-state index in [0.29, 0.717) is 5.75 Å². The van der Waals surface area contributed by atoms with Gasteiger partial charge < -0.3 is 19.5 Å². The average Bonchev–Trinajstić information content (AvgIpc) is 2.67. The molecule has 0 heterocycles. The Morgan fingerprint density at radius 2 is 1.83 bits per heavy atom. The number of non-ortho nitro benzene ring substituents is 1. The summed E-state index contributed by atoms with van der Waals surface area (Å²) >= 11 is 0. The van der Waals surface area contributed by atoms with E-state index in [-0.39, 0.29) is 17.1 Å². The zero-order valence-corrected chi connectivity index (χ0v) is 16.5. The molecule has 2 rings (SSSR count). The summed E-state index contributed by atoms with van der Waals surface area (Å²) in [6.07, 6.45) is -2.04. The molecule has 0 aliphatic rings. The van der Waals surface area contributed by atoms with Crippen molar-refractivity contribution in [3.8, 4) is 11.5 Å². The maximum absolute atomic E-state index is 12.3. The van der Waals surface area contributed by atoms with Crippen LogP contribution in [0, 0.1) is 17.0 Å². The highest BCUT2D eigenvalue weighted by Gasteiger charge is 2.24. The molecule has 0 radical (unpaired) electrons. The fourth-order valence-electron chi connectivity index (χ4n) is 2.40. The summed E-state index contributed by atoms with van der Waals surface area (Å²) in [5.41, 5.74) is 1.02. The maximum Gasteiger partial charge on any atom is 0.347 e. The van der Waals surface area contributed by atoms with E-state index >= 15 is 0 Å². The molecule has 0 fully saturated rings. The van der Waals surface area contributed by atoms with Gasteiger partial charge in [0.05, 0.1) is 23.8 Å². The standard InChI is InChI=1S/C20H22N2O7/c1-12-6-5-7-16(10-12)28-14(3)20(24)29-13(2)19(23)21-17-9-8-15(22(25)26)11-18(17)27-4/h5-11,13-14H,1-4H3,(H,21,23)/t13-,14+/m1/s1. The van der Waals surface area contributed by atoms with Gasteiger partial charge in [-0.05, 0) is 44.5 Å². The number of methoxy groups -OCH3 is 1. The highest BCUT2D eigenvalue weighted by Crippen LogP contribution is 2.29. The van der Waals surface area contributed by atoms with E-state index in [9.17, 15) is 19.7 Å². The number of anilines is 1. The first-order chi connectivity index (χ1) is 13.7. The first kappa shape index (κ1) is 21.7. The van der Waals surface area contributed by atoms with Gasteiger partial charge in [0.15, 0.2) is 12.2 Å². The summed E-state index contributed by atoms with van der Waals surface area (Å²) < 4.78 is 15.8. The Morgan fingerprint density at radius 3 is 2.45 bits per heavy atom. The monoisotopic (exact) mass is 402 g/mol. The largest absolute Gasteiger partial charge is 0.494 e. The van der Waals surface area contributed by atoms with Crippen molar-refractivity contribution in [1.29, 1.82) is 0 Å². The first-order valence-electron chi connectivity index (χ1n) is 8.78. The third-order valence-corrected chi connectivity index (χ3v) is 3.95. The summed E-state index contributed by atoms with van der Waals surface area (Å²) in [5, 5.41) is 13.4. The molecule has 2 atom stereocenters. The van der Waals surface area contributed by atoms with Gasteiger partial charge in [0.1, 0.15) is 11.5 Å². The summed E-state index contributed by atoms with van der Waals surface area (Å²) in [6, 6.07) is 10.9. The average molecular weight is 402 g/mol. The number of carbonyl (C=O) groups excluding carboxylic acids is 2. The van der Waals surface area contributed by atoms with Crippen LogP contribution in [-0.2, 0) is 14.3 Å². The number of hydrogen-bond acceptors (Lipinski definition) is 7. The number of rotatable bonds is 8. The molecule has 0 aliphatic carbocycles. The second-order valence-electron chi connectivity index (χ2n) is 6.29. The van der Waals surface area contributed by atoms with Crippen LogP contribution in [0.25, 0.3) is 0 Å². The molecule has 29 heavy (non-hydrogen) atoms. The quantitative estimate of drug-likeness (QED) is 0.409. The van der Waals surface area contributed by atoms with Crippen LogP contribution in [0.15, 0.2) is 42.5 Å². The smallest absolute Gasteiger partial charge is 0.347 e. The molecular weight excluding hydrogens is 380 g/mol. The number of nitro groups is 1. The molecule has 2 aromatic rings. The lowest BCUT2D eigenvalue weighted by Gasteiger charge is -2.18. The lowest BCUT2D eigenvalue weighted by molar-refractivity contribution is -0.384. The molecule has 154 valence electrons. The minimum absolute atomic E-state index is 0.113. The van der Waals surface area contributed by atoms with E-state index in [1.165, 1.54) is 39.2 Å². The van der Waals surface area contributed by atoms with Crippen molar-refractivity contribution in [3.05, 3.63) is 58.1 Å². The van der Waals surface area contributed by atoms with E-state index in [2.05, 4.69) is 5.32 Å². The Labute approximate surface area is 167 Å². The zero-order valence-electron chi connectivity index (χ0n) is 16.5. The van der Waals surface area contributed by atoms with Gasteiger partial charge in [-0.3, -0.25) is 14.9 Å². The van der Waals surface area contributed by atoms with Gasteiger partial charge in [-0.1, -0.05) is 12.1 Å². The molecule has 9 nitrogen and oxygen atoms in total. The summed E-state index contributed by atoms with van der Waals surface area (Å²) in [6.45, 7) is 4.83. The summed E-state index contributed by atoms with van der Waals surface area (Å²) in [5.74, 6) is -0.692. The molecule has 1 amide bonds. The third-order valence-electron chi connectivity index (χ3n) is 3.95. The van der Waals surface area contributed by atoms with Gasteiger partial charge in [-0.2, -0.15) is 0 Å². The fraction of sp³-hybridized carbons (Fsp3) is 0.300. The number of carbonyl (C=O) groups is 2. The highest BCUT2D eigenvalue weighted by atomic mass is 16.6. The van der Waals surface area contributed by atoms with Crippen LogP contribution < -0.4 is 14.8 Å². The Morgan fingerprint density at radius 1 is 1.10 bits per heavy atom. The molecule has 0 bridgehead atoms. The number of amides is 1. The minimum atomic E-state index is -1.12. The molecular formula is C20H22N2O7. The number of aryl methyl sites for hydroxylation is 1. The van der Waals surface area contributed by atoms with Crippen molar-refractivity contribution in [2.24, 2.45) is 0 Å². The number of nitrogens with one attached hydrogen (secondary N) is 1. The van der Waals surface area contributed by atoms with Crippen LogP contribution >= 0.6 is 0 Å². The second kappa shape index (κ2) is 9.54. The van der Waals surface area contributed by atoms with Crippen molar-refractivity contribution >= 4 is 23.3 Å². The SMILES string of the molecule is COc1cc([N+](=O)[O-])ccc1NC(=O)[C@@H](C)OC(=O)[C@H](C)Oc1cccc(C)c1. The van der Waals surface area contributed by atoms with Crippen molar-refractivity contribution in [3.63, 3.8) is 0 Å². The van der Waals surface area contributed by atoms with E-state index < -0.39 is 29.0 Å². The Bertz CT molecular complexity index is 913. The number of nitro benzene ring substituents is 1. The number of esters is 1. The van der Waals surface area contributed by atoms with E-state index in [0.717, 1.165) is 5.56 Å². The topological polar surface area (TPSA) is 117 Å². The van der Waals surface area contributed by atoms with E-state index in [1.54, 1.807) is 18.2 Å². The molecule has 0 aliphatic heterocycles. The predicted octanol–water partition coefficient (Wildman–Crippen LogP) is 3.25. The number of nitrogens with zero attached hydrogens (tertiary/aromatic N) is 1. The lowest BCUT2D eigenvalue weighted by Crippen LogP contribution is -2.35. The van der Waals surface area contributed by atoms with Gasteiger partial charge in [0, 0.05) is 6.07 Å². The zero-order chi connectivity index (χ0) is 21.6. The van der Waals surface area contributed by atoms with Gasteiger partial charge in [-0.15, -0.1) is 0 Å². The normalized spacial score (nSPS) is 12.4. The van der Waals surface area contributed by atoms with Crippen LogP contribution in [0.3, 0.4) is 0 Å². The first-order valence-corrected chi connectivity index (χ1v) is 8.78. The van der Waals surface area contributed by atoms with Crippen LogP contribution in [0.1, 0.15) is 19.4 Å². The van der Waals surface area contributed by atoms with Gasteiger partial charge in [0.25, 0.3) is 11.6 Å². The number of ether oxygens (including phenoxy) is 3. The molecule has 0 saturated heterocycles. The van der Waals surface area contributed by atoms with E-state index in [4.69, 9.17) is 14.2 Å². The number of benzene rings is 2. The predicted molar refractivity (Wildman–Crippen MR) is 105 cm³/mol. The second-order valence-corrected chi connectivity index (χ2v) is 6.29. The Kier molecular flexibility index (Phi) is 7.13. The molecule has 0 unspecified atom stereocenters. The molecule has 2 aromatic carbocycles. The molecule has 0 aromatic heterocycles. The molecule has 1 N–H and O–H groups in total. The van der Waals surface area contributed by atoms with Crippen molar-refractivity contribution in [1.82, 2.24) is 0 Å². The molecule has 9 heteroatoms. The summed E-state index contributed by atoms with van der Waals surface area (Å²) in [4.78, 5) is 34.8. The Balaban J connectivity index is 1.97. The fourth-order valence-corrected chi connectivity index (χ4v) is 2.40. The highest BCUT2D eigenvalue weighted by molar-refractivity contribution is 5.96. The van der Waals surface area contributed by atoms with Crippen molar-refractivity contribution in [2.45, 2.75) is 33.0 Å². The van der Waals surface area contributed by atoms with Crippen molar-refractivity contribution in [2.75, 3.05) is 12.4 Å². The maximum atomic E-state index is 12.3. The van der Waals surface area contributed by atoms with Crippen LogP contribution in [0.4, 0.5) is 11.4 Å². The van der Waals surface area contributed by atoms with Crippen LogP contribution in [0.5, 0.6) is 11.5 Å². The van der Waals surface area contributed by atoms with E-state index in [1.807, 2.05) is 13.0 Å². The summed E-state index contributed by atoms with van der Waals surface area (Å²) in [7, 11) is 1.32. The molecule has 0 spiro atoms. The lowest BCUT2D eigenvalue weighted by atomic mass is 10.2. The van der Waals surface area contributed by atoms with Crippen LogP contribution in [-0.4, -0.2) is 36.1 Å². The molecule has 0 saturated carbocycles. The minimum Gasteiger partial charge on any atom is -0.494 e. The van der Waals surface area contributed by atoms with Gasteiger partial charge >= 0.3 is 5.97 Å². The Hall–Kier alpha value is -3.62. The number of hydrogen-bond donors (Lipinski definition) is 1. The van der Waals surface area contributed by atoms with Crippen molar-refractivity contribution < 1.29 is 28.7 Å².